The van der Waals surface area contributed by atoms with Crippen LogP contribution in [0.15, 0.2) is 53.8 Å². The Morgan fingerprint density at radius 1 is 1.09 bits per heavy atom. The van der Waals surface area contributed by atoms with E-state index in [1.165, 1.54) is 29.1 Å². The van der Waals surface area contributed by atoms with Crippen LogP contribution in [0.3, 0.4) is 0 Å². The van der Waals surface area contributed by atoms with Crippen molar-refractivity contribution in [1.29, 1.82) is 5.26 Å². The number of piperazine rings is 1. The van der Waals surface area contributed by atoms with Crippen molar-refractivity contribution in [2.75, 3.05) is 44.0 Å². The minimum atomic E-state index is -4.21. The number of ether oxygens (including phenoxy) is 1. The highest BCUT2D eigenvalue weighted by Gasteiger charge is 2.52. The Kier molecular flexibility index (Phi) is 8.85. The predicted octanol–water partition coefficient (Wildman–Crippen LogP) is 3.00. The number of nitrogens with one attached hydrogen (secondary N) is 2. The molecule has 3 aliphatic rings. The standard InChI is InChI=1S/C30H29F2N9O4S.ClH/c31-19-5-10-40(17-19)46(43,44)38-26-4-2-24(32)27(23(26)14-33)45-21-1-3-25-22(13-21)28(42)41(18-37-25)20-15-35-29(36-16-20)30(6-7-30)39-11-8-34-9-12-39;/h1-4,13,15-16,18-19,34,38H,5-12,17H2;1H/t19-;/m1./s1. The number of alkyl halides is 1. The molecule has 246 valence electrons. The van der Waals surface area contributed by atoms with Crippen molar-refractivity contribution in [3.63, 3.8) is 0 Å². The highest BCUT2D eigenvalue weighted by molar-refractivity contribution is 7.90. The molecule has 0 amide bonds. The maximum Gasteiger partial charge on any atom is 0.301 e. The highest BCUT2D eigenvalue weighted by atomic mass is 35.5. The van der Waals surface area contributed by atoms with E-state index >= 15 is 0 Å². The molecule has 4 aromatic rings. The third kappa shape index (κ3) is 6.12. The molecule has 0 radical (unpaired) electrons. The largest absolute Gasteiger partial charge is 0.453 e. The van der Waals surface area contributed by atoms with E-state index in [9.17, 15) is 27.3 Å². The summed E-state index contributed by atoms with van der Waals surface area (Å²) in [7, 11) is -4.21. The highest BCUT2D eigenvalue weighted by Crippen LogP contribution is 2.49. The summed E-state index contributed by atoms with van der Waals surface area (Å²) in [5.41, 5.74) is -0.510. The van der Waals surface area contributed by atoms with Crippen molar-refractivity contribution in [3.8, 4) is 23.3 Å². The molecule has 2 aromatic heterocycles. The Balaban J connectivity index is 0.00000386. The summed E-state index contributed by atoms with van der Waals surface area (Å²) in [5, 5.41) is 13.4. The lowest BCUT2D eigenvalue weighted by molar-refractivity contribution is 0.147. The Hall–Kier alpha value is -4.27. The number of nitriles is 1. The van der Waals surface area contributed by atoms with E-state index in [0.29, 0.717) is 11.2 Å². The van der Waals surface area contributed by atoms with Crippen LogP contribution >= 0.6 is 12.4 Å². The van der Waals surface area contributed by atoms with Gasteiger partial charge in [-0.15, -0.1) is 12.4 Å². The molecule has 0 unspecified atom stereocenters. The Morgan fingerprint density at radius 3 is 2.49 bits per heavy atom. The molecule has 1 aliphatic carbocycles. The molecule has 17 heteroatoms. The Labute approximate surface area is 274 Å². The summed E-state index contributed by atoms with van der Waals surface area (Å²) in [4.78, 5) is 29.6. The maximum absolute atomic E-state index is 15.0. The average molecular weight is 686 g/mol. The number of aromatic nitrogens is 4. The van der Waals surface area contributed by atoms with Crippen LogP contribution in [0.4, 0.5) is 14.5 Å². The number of rotatable bonds is 8. The van der Waals surface area contributed by atoms with Gasteiger partial charge in [0, 0.05) is 39.3 Å². The molecule has 0 spiro atoms. The van der Waals surface area contributed by atoms with E-state index < -0.39 is 39.1 Å². The summed E-state index contributed by atoms with van der Waals surface area (Å²) in [5.74, 6) is -0.738. The molecule has 0 bridgehead atoms. The van der Waals surface area contributed by atoms with Crippen LogP contribution in [0.1, 0.15) is 30.7 Å². The average Bonchev–Trinajstić information content (AvgIpc) is 3.76. The van der Waals surface area contributed by atoms with E-state index in [1.54, 1.807) is 18.5 Å². The topological polar surface area (TPSA) is 158 Å². The minimum absolute atomic E-state index is 0. The summed E-state index contributed by atoms with van der Waals surface area (Å²) < 4.78 is 64.4. The summed E-state index contributed by atoms with van der Waals surface area (Å²) >= 11 is 0. The zero-order valence-corrected chi connectivity index (χ0v) is 26.5. The van der Waals surface area contributed by atoms with Gasteiger partial charge in [0.2, 0.25) is 0 Å². The van der Waals surface area contributed by atoms with Gasteiger partial charge in [0.25, 0.3) is 5.56 Å². The quantitative estimate of drug-likeness (QED) is 0.283. The smallest absolute Gasteiger partial charge is 0.301 e. The van der Waals surface area contributed by atoms with Crippen LogP contribution in [0.5, 0.6) is 11.5 Å². The van der Waals surface area contributed by atoms with E-state index in [2.05, 4.69) is 29.9 Å². The van der Waals surface area contributed by atoms with Crippen molar-refractivity contribution >= 4 is 39.2 Å². The van der Waals surface area contributed by atoms with Crippen molar-refractivity contribution < 1.29 is 21.9 Å². The Morgan fingerprint density at radius 2 is 1.83 bits per heavy atom. The van der Waals surface area contributed by atoms with Gasteiger partial charge in [-0.1, -0.05) is 0 Å². The fraction of sp³-hybridized carbons (Fsp3) is 0.367. The molecular weight excluding hydrogens is 656 g/mol. The van der Waals surface area contributed by atoms with Crippen molar-refractivity contribution in [2.24, 2.45) is 0 Å². The molecule has 4 heterocycles. The van der Waals surface area contributed by atoms with Gasteiger partial charge in [-0.2, -0.15) is 18.0 Å². The lowest BCUT2D eigenvalue weighted by atomic mass is 10.1. The molecule has 7 rings (SSSR count). The second kappa shape index (κ2) is 12.7. The monoisotopic (exact) mass is 685 g/mol. The van der Waals surface area contributed by atoms with Gasteiger partial charge in [0.05, 0.1) is 40.2 Å². The first-order valence-corrected chi connectivity index (χ1v) is 16.2. The summed E-state index contributed by atoms with van der Waals surface area (Å²) in [6.07, 6.45) is 5.28. The maximum atomic E-state index is 15.0. The molecule has 47 heavy (non-hydrogen) atoms. The molecule has 1 atom stereocenters. The number of fused-ring (bicyclic) bond motifs is 1. The number of anilines is 1. The van der Waals surface area contributed by atoms with Gasteiger partial charge in [0.15, 0.2) is 11.6 Å². The zero-order chi connectivity index (χ0) is 32.1. The van der Waals surface area contributed by atoms with Gasteiger partial charge in [-0.25, -0.2) is 23.7 Å². The van der Waals surface area contributed by atoms with Crippen LogP contribution in [0, 0.1) is 17.1 Å². The second-order valence-corrected chi connectivity index (χ2v) is 13.2. The molecule has 1 saturated carbocycles. The number of benzene rings is 2. The van der Waals surface area contributed by atoms with Gasteiger partial charge in [-0.3, -0.25) is 19.0 Å². The van der Waals surface area contributed by atoms with Crippen LogP contribution in [0.2, 0.25) is 0 Å². The third-order valence-electron chi connectivity index (χ3n) is 8.62. The van der Waals surface area contributed by atoms with Crippen LogP contribution in [-0.2, 0) is 15.7 Å². The fourth-order valence-corrected chi connectivity index (χ4v) is 7.29. The van der Waals surface area contributed by atoms with Gasteiger partial charge in [0.1, 0.15) is 35.7 Å². The molecule has 3 fully saturated rings. The van der Waals surface area contributed by atoms with Crippen LogP contribution in [0.25, 0.3) is 16.6 Å². The summed E-state index contributed by atoms with van der Waals surface area (Å²) in [6.45, 7) is 3.32. The molecule has 2 saturated heterocycles. The molecular formula is C30H30ClF2N9O4S. The van der Waals surface area contributed by atoms with Crippen molar-refractivity contribution in [2.45, 2.75) is 31.0 Å². The minimum Gasteiger partial charge on any atom is -0.453 e. The van der Waals surface area contributed by atoms with E-state index in [0.717, 1.165) is 61.3 Å². The van der Waals surface area contributed by atoms with Gasteiger partial charge < -0.3 is 10.1 Å². The van der Waals surface area contributed by atoms with Crippen LogP contribution < -0.4 is 20.3 Å². The lowest BCUT2D eigenvalue weighted by Gasteiger charge is -2.34. The zero-order valence-electron chi connectivity index (χ0n) is 24.9. The van der Waals surface area contributed by atoms with E-state index in [4.69, 9.17) is 4.74 Å². The lowest BCUT2D eigenvalue weighted by Crippen LogP contribution is -2.49. The first kappa shape index (κ1) is 32.7. The normalized spacial score (nSPS) is 19.6. The SMILES string of the molecule is Cl.N#Cc1c(NS(=O)(=O)N2CC[C@@H](F)C2)ccc(F)c1Oc1ccc2ncn(-c3cnc(C4(N5CCNCC5)CC4)nc3)c(=O)c2c1. The third-order valence-corrected chi connectivity index (χ3v) is 10.1. The Bertz CT molecular complexity index is 2030. The van der Waals surface area contributed by atoms with E-state index in [-0.39, 0.29) is 54.3 Å². The van der Waals surface area contributed by atoms with E-state index in [1.807, 2.05) is 0 Å². The number of nitrogens with zero attached hydrogens (tertiary/aromatic N) is 7. The second-order valence-electron chi connectivity index (χ2n) is 11.5. The first-order chi connectivity index (χ1) is 22.2. The van der Waals surface area contributed by atoms with Gasteiger partial charge in [-0.05, 0) is 49.6 Å². The first-order valence-electron chi connectivity index (χ1n) is 14.8. The number of hydrogen-bond donors (Lipinski definition) is 2. The number of halogens is 3. The fourth-order valence-electron chi connectivity index (χ4n) is 6.01. The number of hydrogen-bond acceptors (Lipinski definition) is 10. The molecule has 13 nitrogen and oxygen atoms in total. The van der Waals surface area contributed by atoms with Crippen molar-refractivity contribution in [3.05, 3.63) is 76.6 Å². The van der Waals surface area contributed by atoms with Gasteiger partial charge >= 0.3 is 10.2 Å². The predicted molar refractivity (Wildman–Crippen MR) is 170 cm³/mol. The molecule has 2 N–H and O–H groups in total. The molecule has 2 aromatic carbocycles. The summed E-state index contributed by atoms with van der Waals surface area (Å²) in [6, 6.07) is 8.15. The molecule has 2 aliphatic heterocycles. The van der Waals surface area contributed by atoms with Crippen LogP contribution in [-0.4, -0.2) is 82.6 Å². The van der Waals surface area contributed by atoms with Crippen molar-refractivity contribution in [1.82, 2.24) is 34.0 Å².